The molecule has 0 aliphatic rings. The van der Waals surface area contributed by atoms with Crippen molar-refractivity contribution in [3.05, 3.63) is 0 Å². The smallest absolute Gasteiger partial charge is 0.107 e. The summed E-state index contributed by atoms with van der Waals surface area (Å²) in [6, 6.07) is 0. The van der Waals surface area contributed by atoms with Crippen LogP contribution in [-0.4, -0.2) is 23.2 Å². The highest BCUT2D eigenvalue weighted by molar-refractivity contribution is 7.96. The van der Waals surface area contributed by atoms with Crippen molar-refractivity contribution in [3.63, 3.8) is 0 Å². The van der Waals surface area contributed by atoms with Crippen molar-refractivity contribution >= 4 is 10.9 Å². The van der Waals surface area contributed by atoms with Crippen LogP contribution in [0.1, 0.15) is 26.7 Å². The van der Waals surface area contributed by atoms with Crippen molar-refractivity contribution in [1.29, 1.82) is 0 Å². The first-order valence-corrected chi connectivity index (χ1v) is 5.37. The second kappa shape index (κ2) is 8.31. The minimum absolute atomic E-state index is 0. The van der Waals surface area contributed by atoms with Crippen molar-refractivity contribution in [2.24, 2.45) is 0 Å². The van der Waals surface area contributed by atoms with Gasteiger partial charge in [-0.2, -0.15) is 0 Å². The standard InChI is InChI=1S/C7H17S.H2O/c1-4-6-8(3)7-5-2;/h4-7H2,1-3H3;1H2/q+1;/p-1. The SMILES string of the molecule is CCC[S+](C)CCC.[OH-]. The highest BCUT2D eigenvalue weighted by Gasteiger charge is 2.04. The lowest BCUT2D eigenvalue weighted by atomic mass is 10.6. The predicted molar refractivity (Wildman–Crippen MR) is 45.5 cm³/mol. The lowest BCUT2D eigenvalue weighted by Gasteiger charge is -1.96. The summed E-state index contributed by atoms with van der Waals surface area (Å²) in [5.74, 6) is 2.88. The Balaban J connectivity index is 0. The summed E-state index contributed by atoms with van der Waals surface area (Å²) in [5, 5.41) is 0. The number of hydrogen-bond donors (Lipinski definition) is 0. The van der Waals surface area contributed by atoms with Crippen molar-refractivity contribution in [2.75, 3.05) is 17.8 Å². The van der Waals surface area contributed by atoms with Gasteiger partial charge in [0.25, 0.3) is 0 Å². The molecule has 0 fully saturated rings. The third kappa shape index (κ3) is 8.31. The maximum absolute atomic E-state index is 2.37. The molecule has 0 aromatic carbocycles. The van der Waals surface area contributed by atoms with E-state index in [0.717, 1.165) is 10.9 Å². The Hall–Kier alpha value is 0.310. The van der Waals surface area contributed by atoms with Gasteiger partial charge in [-0.1, -0.05) is 13.8 Å². The molecule has 0 unspecified atom stereocenters. The second-order valence-electron chi connectivity index (χ2n) is 2.19. The maximum Gasteiger partial charge on any atom is 0.107 e. The molecule has 0 atom stereocenters. The maximum atomic E-state index is 2.37. The van der Waals surface area contributed by atoms with E-state index in [1.54, 1.807) is 0 Å². The molecule has 9 heavy (non-hydrogen) atoms. The Kier molecular flexibility index (Phi) is 11.1. The summed E-state index contributed by atoms with van der Waals surface area (Å²) < 4.78 is 0. The van der Waals surface area contributed by atoms with Crippen LogP contribution in [0, 0.1) is 0 Å². The van der Waals surface area contributed by atoms with Crippen LogP contribution in [0.3, 0.4) is 0 Å². The van der Waals surface area contributed by atoms with E-state index in [4.69, 9.17) is 0 Å². The average molecular weight is 150 g/mol. The third-order valence-corrected chi connectivity index (χ3v) is 3.32. The molecule has 0 aromatic heterocycles. The zero-order chi connectivity index (χ0) is 6.41. The summed E-state index contributed by atoms with van der Waals surface area (Å²) in [7, 11) is 0.730. The molecule has 0 aliphatic heterocycles. The molecular formula is C7H18OS. The molecule has 0 rings (SSSR count). The molecule has 0 spiro atoms. The van der Waals surface area contributed by atoms with Crippen LogP contribution in [0.15, 0.2) is 0 Å². The Morgan fingerprint density at radius 3 is 1.56 bits per heavy atom. The van der Waals surface area contributed by atoms with E-state index in [2.05, 4.69) is 20.1 Å². The molecule has 1 N–H and O–H groups in total. The van der Waals surface area contributed by atoms with Crippen LogP contribution in [-0.2, 0) is 10.9 Å². The van der Waals surface area contributed by atoms with Crippen LogP contribution in [0.4, 0.5) is 0 Å². The van der Waals surface area contributed by atoms with E-state index < -0.39 is 0 Å². The molecule has 0 radical (unpaired) electrons. The molecule has 0 aliphatic carbocycles. The molecule has 58 valence electrons. The number of rotatable bonds is 4. The van der Waals surface area contributed by atoms with Gasteiger partial charge in [0, 0.05) is 0 Å². The highest BCUT2D eigenvalue weighted by Crippen LogP contribution is 1.95. The monoisotopic (exact) mass is 150 g/mol. The topological polar surface area (TPSA) is 30.0 Å². The summed E-state index contributed by atoms with van der Waals surface area (Å²) in [4.78, 5) is 0. The van der Waals surface area contributed by atoms with Crippen LogP contribution >= 0.6 is 0 Å². The van der Waals surface area contributed by atoms with Crippen LogP contribution < -0.4 is 0 Å². The molecule has 0 saturated heterocycles. The Bertz CT molecular complexity index is 42.2. The van der Waals surface area contributed by atoms with E-state index in [1.165, 1.54) is 24.3 Å². The molecule has 0 heterocycles. The normalized spacial score (nSPS) is 9.33. The first-order chi connectivity index (χ1) is 3.81. The fourth-order valence-corrected chi connectivity index (χ4v) is 2.40. The van der Waals surface area contributed by atoms with Crippen LogP contribution in [0.5, 0.6) is 0 Å². The Morgan fingerprint density at radius 1 is 1.00 bits per heavy atom. The van der Waals surface area contributed by atoms with Gasteiger partial charge < -0.3 is 5.48 Å². The highest BCUT2D eigenvalue weighted by atomic mass is 32.2. The van der Waals surface area contributed by atoms with Gasteiger partial charge in [0.05, 0.1) is 6.26 Å². The second-order valence-corrected chi connectivity index (χ2v) is 4.57. The fraction of sp³-hybridized carbons (Fsp3) is 1.00. The minimum atomic E-state index is 0. The summed E-state index contributed by atoms with van der Waals surface area (Å²) in [6.07, 6.45) is 5.09. The predicted octanol–water partition coefficient (Wildman–Crippen LogP) is 1.88. The van der Waals surface area contributed by atoms with Gasteiger partial charge in [-0.05, 0) is 23.7 Å². The minimum Gasteiger partial charge on any atom is -0.870 e. The van der Waals surface area contributed by atoms with E-state index in [9.17, 15) is 0 Å². The van der Waals surface area contributed by atoms with Crippen molar-refractivity contribution < 1.29 is 5.48 Å². The lowest BCUT2D eigenvalue weighted by molar-refractivity contribution is 0.824. The molecule has 2 heteroatoms. The van der Waals surface area contributed by atoms with E-state index in [1.807, 2.05) is 0 Å². The van der Waals surface area contributed by atoms with Gasteiger partial charge in [0.1, 0.15) is 11.5 Å². The Labute approximate surface area is 61.5 Å². The quantitative estimate of drug-likeness (QED) is 0.563. The average Bonchev–Trinajstić information content (AvgIpc) is 1.68. The number of hydrogen-bond acceptors (Lipinski definition) is 1. The largest absolute Gasteiger partial charge is 0.870 e. The van der Waals surface area contributed by atoms with Crippen molar-refractivity contribution in [3.8, 4) is 0 Å². The van der Waals surface area contributed by atoms with E-state index in [-0.39, 0.29) is 5.48 Å². The van der Waals surface area contributed by atoms with E-state index >= 15 is 0 Å². The third-order valence-electron chi connectivity index (χ3n) is 1.11. The molecular weight excluding hydrogens is 132 g/mol. The first kappa shape index (κ1) is 12.0. The summed E-state index contributed by atoms with van der Waals surface area (Å²) in [5.41, 5.74) is 0. The summed E-state index contributed by atoms with van der Waals surface area (Å²) >= 11 is 0. The van der Waals surface area contributed by atoms with Gasteiger partial charge in [-0.25, -0.2) is 0 Å². The van der Waals surface area contributed by atoms with Crippen molar-refractivity contribution in [2.45, 2.75) is 26.7 Å². The lowest BCUT2D eigenvalue weighted by Crippen LogP contribution is -2.07. The molecule has 0 aromatic rings. The first-order valence-electron chi connectivity index (χ1n) is 3.40. The summed E-state index contributed by atoms with van der Waals surface area (Å²) in [6.45, 7) is 4.53. The molecule has 0 saturated carbocycles. The van der Waals surface area contributed by atoms with Gasteiger partial charge in [-0.3, -0.25) is 0 Å². The van der Waals surface area contributed by atoms with Gasteiger partial charge >= 0.3 is 0 Å². The van der Waals surface area contributed by atoms with Crippen LogP contribution in [0.2, 0.25) is 0 Å². The van der Waals surface area contributed by atoms with Gasteiger partial charge in [0.15, 0.2) is 0 Å². The molecule has 0 bridgehead atoms. The van der Waals surface area contributed by atoms with Crippen molar-refractivity contribution in [1.82, 2.24) is 0 Å². The fourth-order valence-electron chi connectivity index (χ4n) is 0.799. The van der Waals surface area contributed by atoms with Gasteiger partial charge in [-0.15, -0.1) is 0 Å². The molecule has 1 nitrogen and oxygen atoms in total. The van der Waals surface area contributed by atoms with E-state index in [0.29, 0.717) is 0 Å². The van der Waals surface area contributed by atoms with Gasteiger partial charge in [0.2, 0.25) is 0 Å². The molecule has 0 amide bonds. The van der Waals surface area contributed by atoms with Crippen LogP contribution in [0.25, 0.3) is 0 Å². The Morgan fingerprint density at radius 2 is 1.33 bits per heavy atom. The zero-order valence-corrected chi connectivity index (χ0v) is 7.50. The zero-order valence-electron chi connectivity index (χ0n) is 6.68.